The number of amides is 1. The van der Waals surface area contributed by atoms with Crippen LogP contribution in [0.5, 0.6) is 0 Å². The predicted octanol–water partition coefficient (Wildman–Crippen LogP) is 1.79. The molecule has 1 amide bonds. The molecule has 15 heavy (non-hydrogen) atoms. The van der Waals surface area contributed by atoms with Crippen molar-refractivity contribution in [1.82, 2.24) is 5.32 Å². The molecule has 0 spiro atoms. The molecular formula is C11H21NO3. The predicted molar refractivity (Wildman–Crippen MR) is 58.5 cm³/mol. The zero-order valence-electron chi connectivity index (χ0n) is 9.75. The average Bonchev–Trinajstić information content (AvgIpc) is 2.12. The fourth-order valence-electron chi connectivity index (χ4n) is 1.47. The summed E-state index contributed by atoms with van der Waals surface area (Å²) in [6.07, 6.45) is 2.17. The van der Waals surface area contributed by atoms with E-state index in [0.717, 1.165) is 12.8 Å². The van der Waals surface area contributed by atoms with Crippen molar-refractivity contribution in [2.24, 2.45) is 5.92 Å². The fraction of sp³-hybridized carbons (Fsp3) is 0.818. The van der Waals surface area contributed by atoms with Crippen LogP contribution in [0.1, 0.15) is 46.5 Å². The van der Waals surface area contributed by atoms with Crippen LogP contribution in [0.2, 0.25) is 0 Å². The summed E-state index contributed by atoms with van der Waals surface area (Å²) in [4.78, 5) is 21.9. The molecule has 0 saturated heterocycles. The van der Waals surface area contributed by atoms with Gasteiger partial charge in [0.15, 0.2) is 0 Å². The minimum atomic E-state index is -0.849. The lowest BCUT2D eigenvalue weighted by molar-refractivity contribution is -0.138. The lowest BCUT2D eigenvalue weighted by Gasteiger charge is -2.16. The van der Waals surface area contributed by atoms with Gasteiger partial charge in [-0.1, -0.05) is 20.8 Å². The van der Waals surface area contributed by atoms with Gasteiger partial charge in [0.05, 0.1) is 0 Å². The van der Waals surface area contributed by atoms with Gasteiger partial charge < -0.3 is 10.4 Å². The van der Waals surface area contributed by atoms with Gasteiger partial charge in [0, 0.05) is 18.9 Å². The van der Waals surface area contributed by atoms with Crippen LogP contribution in [-0.2, 0) is 9.59 Å². The number of carbonyl (C=O) groups excluding carboxylic acids is 1. The third-order valence-corrected chi connectivity index (χ3v) is 2.41. The highest BCUT2D eigenvalue weighted by atomic mass is 16.4. The van der Waals surface area contributed by atoms with Gasteiger partial charge in [-0.3, -0.25) is 9.59 Å². The molecule has 0 aromatic heterocycles. The van der Waals surface area contributed by atoms with Crippen LogP contribution < -0.4 is 5.32 Å². The molecule has 0 aliphatic carbocycles. The van der Waals surface area contributed by atoms with Crippen molar-refractivity contribution in [2.75, 3.05) is 0 Å². The van der Waals surface area contributed by atoms with E-state index in [0.29, 0.717) is 6.42 Å². The smallest absolute Gasteiger partial charge is 0.303 e. The summed E-state index contributed by atoms with van der Waals surface area (Å²) in [6.45, 7) is 5.82. The van der Waals surface area contributed by atoms with Gasteiger partial charge in [-0.05, 0) is 18.8 Å². The summed E-state index contributed by atoms with van der Waals surface area (Å²) >= 11 is 0. The average molecular weight is 215 g/mol. The molecule has 2 N–H and O–H groups in total. The second-order valence-corrected chi connectivity index (χ2v) is 3.99. The first-order chi connectivity index (χ1) is 6.99. The Labute approximate surface area is 91.1 Å². The quantitative estimate of drug-likeness (QED) is 0.680. The molecule has 88 valence electrons. The van der Waals surface area contributed by atoms with Gasteiger partial charge >= 0.3 is 5.97 Å². The van der Waals surface area contributed by atoms with Crippen molar-refractivity contribution in [2.45, 2.75) is 52.5 Å². The van der Waals surface area contributed by atoms with E-state index in [4.69, 9.17) is 5.11 Å². The van der Waals surface area contributed by atoms with Crippen molar-refractivity contribution in [1.29, 1.82) is 0 Å². The normalized spacial score (nSPS) is 12.5. The monoisotopic (exact) mass is 215 g/mol. The number of carbonyl (C=O) groups is 2. The highest BCUT2D eigenvalue weighted by Crippen LogP contribution is 2.08. The Kier molecular flexibility index (Phi) is 6.75. The molecule has 4 heteroatoms. The van der Waals surface area contributed by atoms with E-state index in [2.05, 4.69) is 5.32 Å². The van der Waals surface area contributed by atoms with Crippen molar-refractivity contribution in [3.05, 3.63) is 0 Å². The van der Waals surface area contributed by atoms with E-state index < -0.39 is 5.97 Å². The standard InChI is InChI=1S/C11H21NO3/c1-4-9(5-2)12-10(13)6-8(3)7-11(14)15/h8-9H,4-7H2,1-3H3,(H,12,13)(H,14,15). The molecule has 0 aliphatic heterocycles. The number of rotatable bonds is 7. The number of carboxylic acid groups (broad SMARTS) is 1. The van der Waals surface area contributed by atoms with Crippen LogP contribution in [0.3, 0.4) is 0 Å². The molecule has 0 aliphatic rings. The van der Waals surface area contributed by atoms with E-state index in [9.17, 15) is 9.59 Å². The Balaban J connectivity index is 3.86. The molecule has 0 aromatic carbocycles. The van der Waals surface area contributed by atoms with Crippen molar-refractivity contribution in [3.8, 4) is 0 Å². The van der Waals surface area contributed by atoms with Gasteiger partial charge in [-0.15, -0.1) is 0 Å². The van der Waals surface area contributed by atoms with Gasteiger partial charge in [0.1, 0.15) is 0 Å². The van der Waals surface area contributed by atoms with Gasteiger partial charge in [-0.2, -0.15) is 0 Å². The molecule has 1 atom stereocenters. The molecule has 4 nitrogen and oxygen atoms in total. The summed E-state index contributed by atoms with van der Waals surface area (Å²) in [5.41, 5.74) is 0. The maximum atomic E-state index is 11.5. The number of hydrogen-bond acceptors (Lipinski definition) is 2. The molecular weight excluding hydrogens is 194 g/mol. The SMILES string of the molecule is CCC(CC)NC(=O)CC(C)CC(=O)O. The molecule has 0 bridgehead atoms. The Morgan fingerprint density at radius 3 is 2.13 bits per heavy atom. The van der Waals surface area contributed by atoms with Crippen LogP contribution in [0, 0.1) is 5.92 Å². The van der Waals surface area contributed by atoms with Crippen LogP contribution in [0.15, 0.2) is 0 Å². The topological polar surface area (TPSA) is 66.4 Å². The summed E-state index contributed by atoms with van der Waals surface area (Å²) in [5.74, 6) is -0.993. The first-order valence-electron chi connectivity index (χ1n) is 5.50. The van der Waals surface area contributed by atoms with E-state index >= 15 is 0 Å². The summed E-state index contributed by atoms with van der Waals surface area (Å²) in [7, 11) is 0. The van der Waals surface area contributed by atoms with E-state index in [-0.39, 0.29) is 24.3 Å². The van der Waals surface area contributed by atoms with Crippen LogP contribution in [-0.4, -0.2) is 23.0 Å². The molecule has 1 unspecified atom stereocenters. The van der Waals surface area contributed by atoms with E-state index in [1.165, 1.54) is 0 Å². The first kappa shape index (κ1) is 13.9. The summed E-state index contributed by atoms with van der Waals surface area (Å²) in [5, 5.41) is 11.4. The Bertz CT molecular complexity index is 212. The number of hydrogen-bond donors (Lipinski definition) is 2. The Morgan fingerprint density at radius 2 is 1.73 bits per heavy atom. The molecule has 0 fully saturated rings. The lowest BCUT2D eigenvalue weighted by atomic mass is 10.0. The Hall–Kier alpha value is -1.06. The summed E-state index contributed by atoms with van der Waals surface area (Å²) < 4.78 is 0. The zero-order chi connectivity index (χ0) is 11.8. The number of aliphatic carboxylic acids is 1. The second kappa shape index (κ2) is 7.26. The second-order valence-electron chi connectivity index (χ2n) is 3.99. The van der Waals surface area contributed by atoms with Crippen LogP contribution in [0.4, 0.5) is 0 Å². The third kappa shape index (κ3) is 6.94. The summed E-state index contributed by atoms with van der Waals surface area (Å²) in [6, 6.07) is 0.217. The van der Waals surface area contributed by atoms with Crippen LogP contribution in [0.25, 0.3) is 0 Å². The van der Waals surface area contributed by atoms with Gasteiger partial charge in [-0.25, -0.2) is 0 Å². The minimum absolute atomic E-state index is 0.0440. The maximum absolute atomic E-state index is 11.5. The van der Waals surface area contributed by atoms with E-state index in [1.54, 1.807) is 6.92 Å². The molecule has 0 aromatic rings. The maximum Gasteiger partial charge on any atom is 0.303 e. The van der Waals surface area contributed by atoms with Gasteiger partial charge in [0.25, 0.3) is 0 Å². The molecule has 0 saturated carbocycles. The van der Waals surface area contributed by atoms with E-state index in [1.807, 2.05) is 13.8 Å². The minimum Gasteiger partial charge on any atom is -0.481 e. The molecule has 0 heterocycles. The first-order valence-corrected chi connectivity index (χ1v) is 5.50. The highest BCUT2D eigenvalue weighted by molar-refractivity contribution is 5.77. The molecule has 0 rings (SSSR count). The lowest BCUT2D eigenvalue weighted by Crippen LogP contribution is -2.34. The molecule has 0 radical (unpaired) electrons. The van der Waals surface area contributed by atoms with Crippen molar-refractivity contribution < 1.29 is 14.7 Å². The zero-order valence-corrected chi connectivity index (χ0v) is 9.75. The fourth-order valence-corrected chi connectivity index (χ4v) is 1.47. The third-order valence-electron chi connectivity index (χ3n) is 2.41. The number of carboxylic acids is 1. The largest absolute Gasteiger partial charge is 0.481 e. The van der Waals surface area contributed by atoms with Gasteiger partial charge in [0.2, 0.25) is 5.91 Å². The number of nitrogens with one attached hydrogen (secondary N) is 1. The highest BCUT2D eigenvalue weighted by Gasteiger charge is 2.14. The van der Waals surface area contributed by atoms with Crippen LogP contribution >= 0.6 is 0 Å². The van der Waals surface area contributed by atoms with Crippen molar-refractivity contribution >= 4 is 11.9 Å². The Morgan fingerprint density at radius 1 is 1.20 bits per heavy atom. The van der Waals surface area contributed by atoms with Crippen molar-refractivity contribution in [3.63, 3.8) is 0 Å².